The van der Waals surface area contributed by atoms with Crippen LogP contribution in [-0.4, -0.2) is 11.5 Å². The molecule has 0 heterocycles. The van der Waals surface area contributed by atoms with Crippen LogP contribution in [0.15, 0.2) is 24.0 Å². The number of nitrogens with zero attached hydrogens (tertiary/aromatic N) is 1. The minimum absolute atomic E-state index is 0.212. The third kappa shape index (κ3) is 2.05. The monoisotopic (exact) mass is 195 g/mol. The van der Waals surface area contributed by atoms with Gasteiger partial charge in [-0.2, -0.15) is 5.26 Å². The van der Waals surface area contributed by atoms with Gasteiger partial charge in [-0.25, -0.2) is 0 Å². The van der Waals surface area contributed by atoms with E-state index in [1.54, 1.807) is 6.08 Å². The van der Waals surface area contributed by atoms with Crippen molar-refractivity contribution in [2.24, 2.45) is 5.92 Å². The number of ether oxygens (including phenoxy) is 1. The Balaban J connectivity index is 2.03. The summed E-state index contributed by atoms with van der Waals surface area (Å²) in [6.45, 7) is 0. The number of alkyl halides is 1. The molecule has 0 aromatic heterocycles. The van der Waals surface area contributed by atoms with Gasteiger partial charge >= 0.3 is 0 Å². The molecule has 0 spiro atoms. The van der Waals surface area contributed by atoms with Crippen LogP contribution in [0.4, 0.5) is 0 Å². The third-order valence-electron chi connectivity index (χ3n) is 2.11. The standard InChI is InChI=1S/C10H10ClNO/c11-10-4-3-9(5-7(10)6-12)13-8-1-2-8/h3-5,7-8,10H,1-2H2. The molecule has 2 rings (SSSR count). The van der Waals surface area contributed by atoms with E-state index in [4.69, 9.17) is 21.6 Å². The van der Waals surface area contributed by atoms with Gasteiger partial charge in [0.15, 0.2) is 0 Å². The molecule has 1 saturated carbocycles. The molecule has 2 unspecified atom stereocenters. The van der Waals surface area contributed by atoms with Crippen LogP contribution in [0.2, 0.25) is 0 Å². The van der Waals surface area contributed by atoms with E-state index in [0.29, 0.717) is 6.10 Å². The van der Waals surface area contributed by atoms with Gasteiger partial charge in [-0.05, 0) is 25.0 Å². The van der Waals surface area contributed by atoms with Crippen LogP contribution in [-0.2, 0) is 4.74 Å². The van der Waals surface area contributed by atoms with E-state index in [9.17, 15) is 0 Å². The minimum Gasteiger partial charge on any atom is -0.491 e. The number of nitriles is 1. The van der Waals surface area contributed by atoms with Crippen molar-refractivity contribution in [3.05, 3.63) is 24.0 Å². The molecule has 0 aromatic rings. The van der Waals surface area contributed by atoms with E-state index in [-0.39, 0.29) is 11.3 Å². The van der Waals surface area contributed by atoms with Crippen molar-refractivity contribution in [3.63, 3.8) is 0 Å². The van der Waals surface area contributed by atoms with Crippen LogP contribution >= 0.6 is 11.6 Å². The van der Waals surface area contributed by atoms with Gasteiger partial charge in [-0.1, -0.05) is 6.08 Å². The first-order valence-corrected chi connectivity index (χ1v) is 4.83. The zero-order valence-corrected chi connectivity index (χ0v) is 7.87. The molecular weight excluding hydrogens is 186 g/mol. The van der Waals surface area contributed by atoms with Crippen molar-refractivity contribution in [3.8, 4) is 6.07 Å². The normalized spacial score (nSPS) is 32.2. The van der Waals surface area contributed by atoms with Crippen LogP contribution in [0.3, 0.4) is 0 Å². The highest BCUT2D eigenvalue weighted by molar-refractivity contribution is 6.22. The SMILES string of the molecule is N#CC1C=C(OC2CC2)C=CC1Cl. The largest absolute Gasteiger partial charge is 0.491 e. The van der Waals surface area contributed by atoms with Crippen molar-refractivity contribution >= 4 is 11.6 Å². The maximum atomic E-state index is 8.76. The minimum atomic E-state index is -0.250. The molecule has 2 atom stereocenters. The summed E-state index contributed by atoms with van der Waals surface area (Å²) in [7, 11) is 0. The molecule has 2 aliphatic rings. The quantitative estimate of drug-likeness (QED) is 0.634. The first kappa shape index (κ1) is 8.65. The highest BCUT2D eigenvalue weighted by Gasteiger charge is 2.26. The van der Waals surface area contributed by atoms with E-state index >= 15 is 0 Å². The fourth-order valence-corrected chi connectivity index (χ4v) is 1.40. The zero-order valence-electron chi connectivity index (χ0n) is 7.11. The molecule has 0 N–H and O–H groups in total. The summed E-state index contributed by atoms with van der Waals surface area (Å²) in [5, 5.41) is 8.55. The van der Waals surface area contributed by atoms with Crippen LogP contribution in [0.25, 0.3) is 0 Å². The van der Waals surface area contributed by atoms with E-state index in [0.717, 1.165) is 18.6 Å². The summed E-state index contributed by atoms with van der Waals surface area (Å²) < 4.78 is 5.55. The number of rotatable bonds is 2. The molecule has 0 saturated heterocycles. The molecule has 3 heteroatoms. The Bertz CT molecular complexity index is 299. The van der Waals surface area contributed by atoms with Crippen LogP contribution < -0.4 is 0 Å². The van der Waals surface area contributed by atoms with Gasteiger partial charge in [0, 0.05) is 0 Å². The average molecular weight is 196 g/mol. The Kier molecular flexibility index (Phi) is 2.28. The molecule has 0 aliphatic heterocycles. The van der Waals surface area contributed by atoms with Crippen molar-refractivity contribution < 1.29 is 4.74 Å². The molecule has 68 valence electrons. The van der Waals surface area contributed by atoms with Crippen LogP contribution in [0.1, 0.15) is 12.8 Å². The predicted octanol–water partition coefficient (Wildman–Crippen LogP) is 2.37. The summed E-state index contributed by atoms with van der Waals surface area (Å²) in [4.78, 5) is 0. The van der Waals surface area contributed by atoms with Gasteiger partial charge in [0.25, 0.3) is 0 Å². The summed E-state index contributed by atoms with van der Waals surface area (Å²) >= 11 is 5.89. The van der Waals surface area contributed by atoms with E-state index in [1.165, 1.54) is 0 Å². The molecule has 1 fully saturated rings. The fourth-order valence-electron chi connectivity index (χ4n) is 1.20. The first-order chi connectivity index (χ1) is 6.29. The summed E-state index contributed by atoms with van der Waals surface area (Å²) in [5.74, 6) is 0.548. The second-order valence-electron chi connectivity index (χ2n) is 3.34. The first-order valence-electron chi connectivity index (χ1n) is 4.40. The number of allylic oxidation sites excluding steroid dienone is 3. The molecule has 2 aliphatic carbocycles. The summed E-state index contributed by atoms with van der Waals surface area (Å²) in [6, 6.07) is 2.14. The molecule has 0 bridgehead atoms. The highest BCUT2D eigenvalue weighted by atomic mass is 35.5. The molecular formula is C10H10ClNO. The van der Waals surface area contributed by atoms with E-state index < -0.39 is 0 Å². The van der Waals surface area contributed by atoms with Gasteiger partial charge in [0.2, 0.25) is 0 Å². The number of hydrogen-bond donors (Lipinski definition) is 0. The van der Waals surface area contributed by atoms with Crippen LogP contribution in [0, 0.1) is 17.2 Å². The lowest BCUT2D eigenvalue weighted by molar-refractivity contribution is 0.206. The third-order valence-corrected chi connectivity index (χ3v) is 2.52. The van der Waals surface area contributed by atoms with Gasteiger partial charge in [-0.15, -0.1) is 11.6 Å². The van der Waals surface area contributed by atoms with E-state index in [2.05, 4.69) is 6.07 Å². The Morgan fingerprint density at radius 1 is 1.54 bits per heavy atom. The van der Waals surface area contributed by atoms with Crippen molar-refractivity contribution in [1.29, 1.82) is 5.26 Å². The Morgan fingerprint density at radius 3 is 2.92 bits per heavy atom. The number of halogens is 1. The highest BCUT2D eigenvalue weighted by Crippen LogP contribution is 2.29. The number of hydrogen-bond acceptors (Lipinski definition) is 2. The van der Waals surface area contributed by atoms with Crippen molar-refractivity contribution in [2.75, 3.05) is 0 Å². The summed E-state index contributed by atoms with van der Waals surface area (Å²) in [6.07, 6.45) is 8.11. The second-order valence-corrected chi connectivity index (χ2v) is 3.85. The van der Waals surface area contributed by atoms with Gasteiger partial charge in [0.05, 0.1) is 23.5 Å². The lowest BCUT2D eigenvalue weighted by Gasteiger charge is -2.15. The predicted molar refractivity (Wildman–Crippen MR) is 50.1 cm³/mol. The van der Waals surface area contributed by atoms with Gasteiger partial charge < -0.3 is 4.74 Å². The molecule has 0 aromatic carbocycles. The Labute approximate surface area is 82.4 Å². The lowest BCUT2D eigenvalue weighted by atomic mass is 10.0. The lowest BCUT2D eigenvalue weighted by Crippen LogP contribution is -2.13. The maximum absolute atomic E-state index is 8.76. The Morgan fingerprint density at radius 2 is 2.31 bits per heavy atom. The fraction of sp³-hybridized carbons (Fsp3) is 0.500. The topological polar surface area (TPSA) is 33.0 Å². The van der Waals surface area contributed by atoms with Crippen molar-refractivity contribution in [2.45, 2.75) is 24.3 Å². The molecule has 0 radical (unpaired) electrons. The zero-order chi connectivity index (χ0) is 9.26. The Hall–Kier alpha value is -0.940. The van der Waals surface area contributed by atoms with Crippen LogP contribution in [0.5, 0.6) is 0 Å². The van der Waals surface area contributed by atoms with Gasteiger partial charge in [0.1, 0.15) is 5.76 Å². The molecule has 2 nitrogen and oxygen atoms in total. The maximum Gasteiger partial charge on any atom is 0.116 e. The average Bonchev–Trinajstić information content (AvgIpc) is 2.92. The molecule has 13 heavy (non-hydrogen) atoms. The van der Waals surface area contributed by atoms with Crippen molar-refractivity contribution in [1.82, 2.24) is 0 Å². The smallest absolute Gasteiger partial charge is 0.116 e. The second kappa shape index (κ2) is 3.43. The van der Waals surface area contributed by atoms with E-state index in [1.807, 2.05) is 12.2 Å². The summed E-state index contributed by atoms with van der Waals surface area (Å²) in [5.41, 5.74) is 0. The molecule has 0 amide bonds. The van der Waals surface area contributed by atoms with Gasteiger partial charge in [-0.3, -0.25) is 0 Å².